The van der Waals surface area contributed by atoms with Crippen molar-refractivity contribution in [2.45, 2.75) is 4.90 Å². The predicted octanol–water partition coefficient (Wildman–Crippen LogP) is 0.963. The van der Waals surface area contributed by atoms with Gasteiger partial charge in [-0.3, -0.25) is 4.55 Å². The van der Waals surface area contributed by atoms with Crippen molar-refractivity contribution in [1.29, 1.82) is 0 Å². The van der Waals surface area contributed by atoms with Crippen molar-refractivity contribution in [2.24, 2.45) is 0 Å². The fraction of sp³-hybridized carbons (Fsp3) is 0.333. The Balaban J connectivity index is 0.00000256. The molecule has 0 aliphatic carbocycles. The summed E-state index contributed by atoms with van der Waals surface area (Å²) in [5, 5.41) is 0.201. The summed E-state index contributed by atoms with van der Waals surface area (Å²) in [6, 6.07) is 3.97. The molecule has 0 fully saturated rings. The van der Waals surface area contributed by atoms with Crippen molar-refractivity contribution < 1.29 is 22.4 Å². The van der Waals surface area contributed by atoms with Crippen molar-refractivity contribution >= 4 is 51.3 Å². The van der Waals surface area contributed by atoms with E-state index in [-0.39, 0.29) is 51.8 Å². The van der Waals surface area contributed by atoms with Crippen LogP contribution in [0.4, 0.5) is 0 Å². The minimum absolute atomic E-state index is 0. The molecule has 1 rings (SSSR count). The Bertz CT molecular complexity index is 462. The molecule has 5 nitrogen and oxygen atoms in total. The molecule has 0 saturated carbocycles. The normalized spacial score (nSPS) is 10.8. The number of hydrogen-bond acceptors (Lipinski definition) is 4. The van der Waals surface area contributed by atoms with Crippen LogP contribution >= 0.6 is 11.6 Å². The maximum atomic E-state index is 11.0. The third kappa shape index (κ3) is 5.56. The Kier molecular flexibility index (Phi) is 7.66. The summed E-state index contributed by atoms with van der Waals surface area (Å²) in [6.45, 7) is 0.494. The Morgan fingerprint density at radius 2 is 2.00 bits per heavy atom. The standard InChI is InChI=1S/C9H11ClO5S.Na.H/c1-14-4-5-15-8-3-2-7(10)6-9(8)16(11,12)13;;/h2-3,6H,4-5H2,1H3,(H,11,12,13);;. The molecule has 0 radical (unpaired) electrons. The van der Waals surface area contributed by atoms with Crippen molar-refractivity contribution in [2.75, 3.05) is 20.3 Å². The van der Waals surface area contributed by atoms with Gasteiger partial charge in [-0.25, -0.2) is 0 Å². The number of rotatable bonds is 5. The van der Waals surface area contributed by atoms with Gasteiger partial charge in [-0.1, -0.05) is 11.6 Å². The minimum atomic E-state index is -4.34. The van der Waals surface area contributed by atoms with Gasteiger partial charge in [0.05, 0.1) is 6.61 Å². The molecule has 1 aromatic rings. The fourth-order valence-corrected chi connectivity index (χ4v) is 1.93. The van der Waals surface area contributed by atoms with E-state index in [4.69, 9.17) is 25.6 Å². The van der Waals surface area contributed by atoms with E-state index in [1.807, 2.05) is 0 Å². The second kappa shape index (κ2) is 7.58. The molecule has 0 aliphatic heterocycles. The quantitative estimate of drug-likeness (QED) is 0.497. The van der Waals surface area contributed by atoms with Gasteiger partial charge in [0.25, 0.3) is 10.1 Å². The molecule has 1 N–H and O–H groups in total. The van der Waals surface area contributed by atoms with Crippen LogP contribution in [0.25, 0.3) is 0 Å². The summed E-state index contributed by atoms with van der Waals surface area (Å²) in [5.74, 6) is 0.0453. The van der Waals surface area contributed by atoms with Gasteiger partial charge in [0.1, 0.15) is 17.3 Å². The van der Waals surface area contributed by atoms with Crippen LogP contribution in [0, 0.1) is 0 Å². The van der Waals surface area contributed by atoms with Crippen molar-refractivity contribution in [1.82, 2.24) is 0 Å². The van der Waals surface area contributed by atoms with Crippen LogP contribution in [-0.2, 0) is 14.9 Å². The summed E-state index contributed by atoms with van der Waals surface area (Å²) >= 11 is 5.63. The second-order valence-electron chi connectivity index (χ2n) is 2.91. The zero-order chi connectivity index (χ0) is 12.2. The third-order valence-corrected chi connectivity index (χ3v) is 2.84. The molecule has 0 bridgehead atoms. The molecule has 0 spiro atoms. The van der Waals surface area contributed by atoms with Crippen LogP contribution in [-0.4, -0.2) is 62.9 Å². The number of benzene rings is 1. The summed E-state index contributed by atoms with van der Waals surface area (Å²) in [6.07, 6.45) is 0. The van der Waals surface area contributed by atoms with E-state index >= 15 is 0 Å². The molecule has 17 heavy (non-hydrogen) atoms. The first-order chi connectivity index (χ1) is 7.45. The second-order valence-corrected chi connectivity index (χ2v) is 4.73. The Morgan fingerprint density at radius 1 is 1.35 bits per heavy atom. The fourth-order valence-electron chi connectivity index (χ4n) is 1.04. The first kappa shape index (κ1) is 17.2. The van der Waals surface area contributed by atoms with Gasteiger partial charge in [0, 0.05) is 12.1 Å². The van der Waals surface area contributed by atoms with E-state index in [1.54, 1.807) is 0 Å². The molecule has 8 heteroatoms. The molecule has 92 valence electrons. The van der Waals surface area contributed by atoms with Gasteiger partial charge in [0.2, 0.25) is 0 Å². The molecule has 0 saturated heterocycles. The van der Waals surface area contributed by atoms with Crippen LogP contribution in [0.5, 0.6) is 5.75 Å². The molecule has 0 amide bonds. The van der Waals surface area contributed by atoms with Gasteiger partial charge in [-0.15, -0.1) is 0 Å². The summed E-state index contributed by atoms with van der Waals surface area (Å²) in [5.41, 5.74) is 0. The van der Waals surface area contributed by atoms with Gasteiger partial charge in [-0.2, -0.15) is 8.42 Å². The van der Waals surface area contributed by atoms with Gasteiger partial charge in [0.15, 0.2) is 0 Å². The topological polar surface area (TPSA) is 72.8 Å². The van der Waals surface area contributed by atoms with Gasteiger partial charge >= 0.3 is 29.6 Å². The molecule has 0 atom stereocenters. The molecule has 0 unspecified atom stereocenters. The van der Waals surface area contributed by atoms with E-state index < -0.39 is 10.1 Å². The SMILES string of the molecule is COCCOc1ccc(Cl)cc1S(=O)(=O)O.[NaH]. The van der Waals surface area contributed by atoms with E-state index in [2.05, 4.69) is 0 Å². The predicted molar refractivity (Wildman–Crippen MR) is 65.8 cm³/mol. The Labute approximate surface area is 127 Å². The Hall–Kier alpha value is 0.180. The Morgan fingerprint density at radius 3 is 2.53 bits per heavy atom. The molecule has 0 heterocycles. The number of halogens is 1. The monoisotopic (exact) mass is 290 g/mol. The van der Waals surface area contributed by atoms with Crippen molar-refractivity contribution in [3.05, 3.63) is 23.2 Å². The van der Waals surface area contributed by atoms with Crippen LogP contribution in [0.1, 0.15) is 0 Å². The molecular formula is C9H12ClNaO5S. The van der Waals surface area contributed by atoms with Crippen LogP contribution < -0.4 is 4.74 Å². The summed E-state index contributed by atoms with van der Waals surface area (Å²) < 4.78 is 40.9. The van der Waals surface area contributed by atoms with E-state index in [0.29, 0.717) is 6.61 Å². The zero-order valence-corrected chi connectivity index (χ0v) is 10.1. The summed E-state index contributed by atoms with van der Waals surface area (Å²) in [4.78, 5) is -0.351. The van der Waals surface area contributed by atoms with E-state index in [0.717, 1.165) is 6.07 Å². The average molecular weight is 291 g/mol. The van der Waals surface area contributed by atoms with Crippen molar-refractivity contribution in [3.8, 4) is 5.75 Å². The molecular weight excluding hydrogens is 279 g/mol. The maximum absolute atomic E-state index is 11.0. The number of ether oxygens (including phenoxy) is 2. The molecule has 1 aromatic carbocycles. The third-order valence-electron chi connectivity index (χ3n) is 1.73. The van der Waals surface area contributed by atoms with Crippen LogP contribution in [0.3, 0.4) is 0 Å². The molecule has 0 aliphatic rings. The number of methoxy groups -OCH3 is 1. The first-order valence-electron chi connectivity index (χ1n) is 4.34. The summed E-state index contributed by atoms with van der Waals surface area (Å²) in [7, 11) is -2.85. The van der Waals surface area contributed by atoms with E-state index in [9.17, 15) is 8.42 Å². The number of hydrogen-bond donors (Lipinski definition) is 1. The van der Waals surface area contributed by atoms with Gasteiger partial charge < -0.3 is 9.47 Å². The average Bonchev–Trinajstić information content (AvgIpc) is 2.19. The first-order valence-corrected chi connectivity index (χ1v) is 6.15. The van der Waals surface area contributed by atoms with Crippen LogP contribution in [0.15, 0.2) is 23.1 Å². The molecule has 0 aromatic heterocycles. The van der Waals surface area contributed by atoms with Crippen molar-refractivity contribution in [3.63, 3.8) is 0 Å². The van der Waals surface area contributed by atoms with Gasteiger partial charge in [-0.05, 0) is 18.2 Å². The zero-order valence-electron chi connectivity index (χ0n) is 8.51. The van der Waals surface area contributed by atoms with Crippen LogP contribution in [0.2, 0.25) is 5.02 Å². The van der Waals surface area contributed by atoms with E-state index in [1.165, 1.54) is 19.2 Å².